The van der Waals surface area contributed by atoms with Crippen molar-refractivity contribution >= 4 is 23.7 Å². The van der Waals surface area contributed by atoms with Crippen LogP contribution in [0.25, 0.3) is 0 Å². The third kappa shape index (κ3) is 14.6. The van der Waals surface area contributed by atoms with Crippen LogP contribution in [-0.4, -0.2) is 40.4 Å². The third-order valence-electron chi connectivity index (χ3n) is 1.77. The number of aromatic carboxylic acids is 1. The second kappa shape index (κ2) is 14.3. The second-order valence-corrected chi connectivity index (χ2v) is 3.85. The average molecular weight is 434 g/mol. The summed E-state index contributed by atoms with van der Waals surface area (Å²) in [5.41, 5.74) is 0.167. The van der Waals surface area contributed by atoms with Gasteiger partial charge in [-0.2, -0.15) is 0 Å². The van der Waals surface area contributed by atoms with Crippen LogP contribution < -0.4 is 14.9 Å². The first-order valence-electron chi connectivity index (χ1n) is 6.25. The largest absolute Gasteiger partial charge is 2.00 e. The fourth-order valence-corrected chi connectivity index (χ4v) is 1.05. The van der Waals surface area contributed by atoms with Crippen molar-refractivity contribution in [1.29, 1.82) is 0 Å². The number of rotatable bonds is 4. The van der Waals surface area contributed by atoms with E-state index in [-0.39, 0.29) is 43.2 Å². The maximum atomic E-state index is 11.0. The Labute approximate surface area is 152 Å². The Morgan fingerprint density at radius 3 is 1.83 bits per heavy atom. The molecular formula is C14H17NO8Pd. The number of carboxylic acid groups (broad SMARTS) is 3. The summed E-state index contributed by atoms with van der Waals surface area (Å²) in [6, 6.07) is 1.27. The van der Waals surface area contributed by atoms with Gasteiger partial charge in [-0.25, -0.2) is 9.78 Å². The summed E-state index contributed by atoms with van der Waals surface area (Å²) in [6.07, 6.45) is 1.31. The van der Waals surface area contributed by atoms with Crippen LogP contribution in [0.3, 0.4) is 0 Å². The van der Waals surface area contributed by atoms with Crippen molar-refractivity contribution in [3.05, 3.63) is 23.4 Å². The number of hydrogen-bond donors (Lipinski definition) is 1. The summed E-state index contributed by atoms with van der Waals surface area (Å²) in [4.78, 5) is 43.4. The molecule has 136 valence electrons. The Morgan fingerprint density at radius 2 is 1.54 bits per heavy atom. The van der Waals surface area contributed by atoms with E-state index in [0.29, 0.717) is 6.61 Å². The van der Waals surface area contributed by atoms with Crippen LogP contribution in [-0.2, 0) is 30.0 Å². The fourth-order valence-electron chi connectivity index (χ4n) is 1.05. The first-order valence-corrected chi connectivity index (χ1v) is 6.25. The zero-order chi connectivity index (χ0) is 18.6. The molecule has 10 heteroatoms. The van der Waals surface area contributed by atoms with Gasteiger partial charge in [0.15, 0.2) is 5.78 Å². The molecule has 1 heterocycles. The number of carbonyl (C=O) groups excluding carboxylic acids is 3. The zero-order valence-corrected chi connectivity index (χ0v) is 15.0. The number of nitrogens with zero attached hydrogens (tertiary/aromatic N) is 1. The summed E-state index contributed by atoms with van der Waals surface area (Å²) >= 11 is 0. The summed E-state index contributed by atoms with van der Waals surface area (Å²) < 4.78 is 5.03. The van der Waals surface area contributed by atoms with E-state index in [1.54, 1.807) is 6.92 Å². The maximum Gasteiger partial charge on any atom is 2.00 e. The van der Waals surface area contributed by atoms with Crippen molar-refractivity contribution in [2.75, 3.05) is 6.61 Å². The molecule has 0 radical (unpaired) electrons. The molecular weight excluding hydrogens is 417 g/mol. The molecule has 0 aliphatic carbocycles. The van der Waals surface area contributed by atoms with Gasteiger partial charge >= 0.3 is 26.4 Å². The second-order valence-electron chi connectivity index (χ2n) is 3.85. The van der Waals surface area contributed by atoms with Crippen molar-refractivity contribution in [1.82, 2.24) is 4.98 Å². The molecule has 24 heavy (non-hydrogen) atoms. The van der Waals surface area contributed by atoms with Crippen molar-refractivity contribution in [3.63, 3.8) is 0 Å². The molecule has 0 atom stereocenters. The molecule has 1 aromatic rings. The van der Waals surface area contributed by atoms with Gasteiger partial charge in [-0.05, 0) is 33.8 Å². The van der Waals surface area contributed by atoms with Crippen molar-refractivity contribution in [3.8, 4) is 5.88 Å². The SMILES string of the molecule is CC(=O)[O-].CC(=O)[O-].CCOc1ncc(C(C)=O)cc1C(=O)O.[Pd+2]. The van der Waals surface area contributed by atoms with Gasteiger partial charge in [0.25, 0.3) is 0 Å². The molecule has 0 aromatic carbocycles. The average Bonchev–Trinajstić information content (AvgIpc) is 2.37. The van der Waals surface area contributed by atoms with Gasteiger partial charge in [-0.3, -0.25) is 4.79 Å². The van der Waals surface area contributed by atoms with Gasteiger partial charge in [0, 0.05) is 23.7 Å². The predicted octanol–water partition coefficient (Wildman–Crippen LogP) is -1.11. The number of carbonyl (C=O) groups is 4. The molecule has 0 saturated heterocycles. The Bertz CT molecular complexity index is 554. The Hall–Kier alpha value is -2.31. The predicted molar refractivity (Wildman–Crippen MR) is 73.7 cm³/mol. The fraction of sp³-hybridized carbons (Fsp3) is 0.357. The molecule has 1 rings (SSSR count). The van der Waals surface area contributed by atoms with E-state index in [2.05, 4.69) is 4.98 Å². The van der Waals surface area contributed by atoms with Gasteiger partial charge in [0.1, 0.15) is 5.56 Å². The minimum absolute atomic E-state index is 0. The molecule has 0 saturated carbocycles. The smallest absolute Gasteiger partial charge is 0.550 e. The van der Waals surface area contributed by atoms with Crippen LogP contribution in [0.1, 0.15) is 48.4 Å². The molecule has 9 nitrogen and oxygen atoms in total. The molecule has 1 aromatic heterocycles. The molecule has 0 unspecified atom stereocenters. The summed E-state index contributed by atoms with van der Waals surface area (Å²) in [7, 11) is 0. The molecule has 0 aliphatic heterocycles. The number of ether oxygens (including phenoxy) is 1. The van der Waals surface area contributed by atoms with E-state index in [4.69, 9.17) is 29.6 Å². The Kier molecular flexibility index (Phi) is 15.8. The molecule has 0 fully saturated rings. The van der Waals surface area contributed by atoms with Gasteiger partial charge in [0.2, 0.25) is 5.88 Å². The number of aromatic nitrogens is 1. The van der Waals surface area contributed by atoms with E-state index in [9.17, 15) is 9.59 Å². The quantitative estimate of drug-likeness (QED) is 0.459. The standard InChI is InChI=1S/C10H11NO4.2C2H4O2.Pd/c1-3-15-9-8(10(13)14)4-7(5-11-9)6(2)12;2*1-2(3)4;/h4-5H,3H2,1-2H3,(H,13,14);2*1H3,(H,3,4);/q;;;+2/p-2. The summed E-state index contributed by atoms with van der Waals surface area (Å²) in [5, 5.41) is 26.6. The molecule has 1 N–H and O–H groups in total. The minimum atomic E-state index is -1.16. The van der Waals surface area contributed by atoms with Crippen molar-refractivity contribution in [2.24, 2.45) is 0 Å². The monoisotopic (exact) mass is 433 g/mol. The van der Waals surface area contributed by atoms with Gasteiger partial charge in [-0.15, -0.1) is 0 Å². The number of carboxylic acids is 3. The number of pyridine rings is 1. The van der Waals surface area contributed by atoms with Crippen LogP contribution in [0, 0.1) is 0 Å². The van der Waals surface area contributed by atoms with Crippen LogP contribution in [0.4, 0.5) is 0 Å². The normalized spacial score (nSPS) is 8.17. The molecule has 0 aliphatic rings. The van der Waals surface area contributed by atoms with E-state index in [1.165, 1.54) is 19.2 Å². The zero-order valence-electron chi connectivity index (χ0n) is 13.4. The van der Waals surface area contributed by atoms with Crippen molar-refractivity contribution in [2.45, 2.75) is 27.7 Å². The first-order chi connectivity index (χ1) is 10.5. The summed E-state index contributed by atoms with van der Waals surface area (Å²) in [5.74, 6) is -3.52. The van der Waals surface area contributed by atoms with Gasteiger partial charge < -0.3 is 29.6 Å². The Balaban J connectivity index is -0.000000413. The number of hydrogen-bond acceptors (Lipinski definition) is 8. The number of Topliss-reactive ketones (excluding diaryl/α,β-unsaturated/α-hetero) is 1. The van der Waals surface area contributed by atoms with Crippen molar-refractivity contribution < 1.29 is 59.7 Å². The van der Waals surface area contributed by atoms with Gasteiger partial charge in [-0.1, -0.05) is 0 Å². The van der Waals surface area contributed by atoms with Crippen LogP contribution >= 0.6 is 0 Å². The van der Waals surface area contributed by atoms with Gasteiger partial charge in [0.05, 0.1) is 6.61 Å². The van der Waals surface area contributed by atoms with E-state index in [1.807, 2.05) is 0 Å². The van der Waals surface area contributed by atoms with Crippen LogP contribution in [0.5, 0.6) is 5.88 Å². The molecule has 0 amide bonds. The first kappa shape index (κ1) is 26.6. The molecule has 0 spiro atoms. The summed E-state index contributed by atoms with van der Waals surface area (Å²) in [6.45, 7) is 5.35. The minimum Gasteiger partial charge on any atom is -0.550 e. The molecule has 0 bridgehead atoms. The van der Waals surface area contributed by atoms with Crippen LogP contribution in [0.15, 0.2) is 12.3 Å². The Morgan fingerprint density at radius 1 is 1.12 bits per heavy atom. The van der Waals surface area contributed by atoms with Crippen LogP contribution in [0.2, 0.25) is 0 Å². The number of aliphatic carboxylic acids is 2. The third-order valence-corrected chi connectivity index (χ3v) is 1.77. The van der Waals surface area contributed by atoms with E-state index in [0.717, 1.165) is 13.8 Å². The topological polar surface area (TPSA) is 157 Å². The maximum absolute atomic E-state index is 11.0. The van der Waals surface area contributed by atoms with E-state index < -0.39 is 17.9 Å². The number of ketones is 1. The van der Waals surface area contributed by atoms with E-state index >= 15 is 0 Å².